The third-order valence-electron chi connectivity index (χ3n) is 3.48. The maximum absolute atomic E-state index is 14.9. The zero-order valence-corrected chi connectivity index (χ0v) is 17.6. The van der Waals surface area contributed by atoms with E-state index in [1.54, 1.807) is 39.0 Å². The zero-order valence-electron chi connectivity index (χ0n) is 16.7. The van der Waals surface area contributed by atoms with Gasteiger partial charge in [-0.15, -0.1) is 0 Å². The molecule has 0 aliphatic rings. The third kappa shape index (κ3) is 7.34. The molecule has 0 bridgehead atoms. The summed E-state index contributed by atoms with van der Waals surface area (Å²) in [5.41, 5.74) is -4.37. The van der Waals surface area contributed by atoms with E-state index >= 15 is 0 Å². The lowest BCUT2D eigenvalue weighted by atomic mass is 10.2. The molecule has 1 aromatic carbocycles. The Kier molecular flexibility index (Phi) is 8.35. The molecule has 0 aliphatic heterocycles. The Hall–Kier alpha value is -1.76. The minimum Gasteiger partial charge on any atom is -0.459 e. The molecule has 0 fully saturated rings. The molecule has 2 atom stereocenters. The van der Waals surface area contributed by atoms with Crippen molar-refractivity contribution in [1.82, 2.24) is 5.09 Å². The first-order valence-electron chi connectivity index (χ1n) is 8.79. The Bertz CT molecular complexity index is 732. The van der Waals surface area contributed by atoms with E-state index in [9.17, 15) is 18.1 Å². The van der Waals surface area contributed by atoms with Crippen LogP contribution >= 0.6 is 7.52 Å². The molecule has 1 aromatic rings. The summed E-state index contributed by atoms with van der Waals surface area (Å²) >= 11 is 0. The van der Waals surface area contributed by atoms with Gasteiger partial charge in [0.25, 0.3) is 0 Å². The van der Waals surface area contributed by atoms with Crippen LogP contribution in [0.25, 0.3) is 0 Å². The van der Waals surface area contributed by atoms with Crippen LogP contribution in [-0.2, 0) is 14.1 Å². The summed E-state index contributed by atoms with van der Waals surface area (Å²) < 4.78 is 53.3. The molecule has 0 amide bonds. The molecule has 0 saturated carbocycles. The molecular formula is C19H28F2NO5P. The van der Waals surface area contributed by atoms with Crippen LogP contribution in [0.15, 0.2) is 42.0 Å². The average molecular weight is 419 g/mol. The van der Waals surface area contributed by atoms with Crippen molar-refractivity contribution >= 4 is 13.5 Å². The minimum atomic E-state index is -4.90. The van der Waals surface area contributed by atoms with Gasteiger partial charge in [0.2, 0.25) is 0 Å². The molecule has 1 rings (SSSR count). The number of rotatable bonds is 9. The van der Waals surface area contributed by atoms with Gasteiger partial charge in [0, 0.05) is 6.42 Å². The van der Waals surface area contributed by atoms with Crippen molar-refractivity contribution in [3.63, 3.8) is 0 Å². The van der Waals surface area contributed by atoms with Crippen molar-refractivity contribution in [2.75, 3.05) is 6.61 Å². The number of esters is 1. The standard InChI is InChI=1S/C19H28F2NO5P/c1-14(13-23)11-12-19(20,21)28(25,27-16-9-7-6-8-10-16)22-15(2)17(24)26-18(3,4)5/h6-11,15,23H,12-13H2,1-5H3,(H,22,25)/b14-11+/t15-,28?/m0/s1. The molecule has 0 heterocycles. The number of nitrogens with one attached hydrogen (secondary N) is 1. The molecule has 2 N–H and O–H groups in total. The fourth-order valence-corrected chi connectivity index (χ4v) is 3.74. The second-order valence-corrected chi connectivity index (χ2v) is 9.62. The molecule has 0 aromatic heterocycles. The van der Waals surface area contributed by atoms with E-state index in [0.717, 1.165) is 6.08 Å². The number of allylic oxidation sites excluding steroid dienone is 1. The highest BCUT2D eigenvalue weighted by atomic mass is 31.2. The van der Waals surface area contributed by atoms with E-state index in [1.807, 2.05) is 0 Å². The van der Waals surface area contributed by atoms with Gasteiger partial charge in [-0.1, -0.05) is 29.8 Å². The molecule has 0 radical (unpaired) electrons. The predicted octanol–water partition coefficient (Wildman–Crippen LogP) is 4.50. The highest BCUT2D eigenvalue weighted by Gasteiger charge is 2.53. The van der Waals surface area contributed by atoms with Crippen molar-refractivity contribution in [3.8, 4) is 5.75 Å². The van der Waals surface area contributed by atoms with Crippen LogP contribution in [0.2, 0.25) is 0 Å². The van der Waals surface area contributed by atoms with Gasteiger partial charge in [-0.05, 0) is 46.8 Å². The third-order valence-corrected chi connectivity index (χ3v) is 5.72. The molecule has 0 spiro atoms. The Morgan fingerprint density at radius 1 is 1.29 bits per heavy atom. The Morgan fingerprint density at radius 2 is 1.86 bits per heavy atom. The van der Waals surface area contributed by atoms with E-state index in [4.69, 9.17) is 14.4 Å². The second kappa shape index (κ2) is 9.63. The van der Waals surface area contributed by atoms with E-state index < -0.39 is 43.8 Å². The zero-order chi connectivity index (χ0) is 21.6. The van der Waals surface area contributed by atoms with Gasteiger partial charge in [0.15, 0.2) is 0 Å². The normalized spacial score (nSPS) is 16.2. The number of carbonyl (C=O) groups excluding carboxylic acids is 1. The van der Waals surface area contributed by atoms with E-state index in [0.29, 0.717) is 5.57 Å². The van der Waals surface area contributed by atoms with Crippen molar-refractivity contribution in [2.45, 2.75) is 58.3 Å². The largest absolute Gasteiger partial charge is 0.459 e. The molecule has 0 saturated heterocycles. The number of para-hydroxylation sites is 1. The van der Waals surface area contributed by atoms with Crippen LogP contribution in [-0.4, -0.2) is 35.0 Å². The highest BCUT2D eigenvalue weighted by Crippen LogP contribution is 2.59. The van der Waals surface area contributed by atoms with Gasteiger partial charge in [-0.25, -0.2) is 5.09 Å². The maximum atomic E-state index is 14.9. The summed E-state index contributed by atoms with van der Waals surface area (Å²) in [6, 6.07) is 6.22. The Labute approximate surface area is 164 Å². The molecule has 1 unspecified atom stereocenters. The minimum absolute atomic E-state index is 0.0303. The number of aliphatic hydroxyl groups excluding tert-OH is 1. The van der Waals surface area contributed by atoms with E-state index in [-0.39, 0.29) is 5.75 Å². The number of alkyl halides is 2. The Balaban J connectivity index is 3.16. The molecule has 6 nitrogen and oxygen atoms in total. The van der Waals surface area contributed by atoms with Crippen LogP contribution in [0.1, 0.15) is 41.0 Å². The summed E-state index contributed by atoms with van der Waals surface area (Å²) in [6.45, 7) is 7.25. The van der Waals surface area contributed by atoms with Gasteiger partial charge >= 0.3 is 19.2 Å². The van der Waals surface area contributed by atoms with Gasteiger partial charge in [-0.3, -0.25) is 9.36 Å². The SMILES string of the molecule is C/C(=C\CC(F)(F)P(=O)(N[C@@H](C)C(=O)OC(C)(C)C)Oc1ccccc1)CO. The van der Waals surface area contributed by atoms with Crippen LogP contribution in [0.3, 0.4) is 0 Å². The number of halogens is 2. The topological polar surface area (TPSA) is 84.9 Å². The maximum Gasteiger partial charge on any atom is 0.386 e. The Morgan fingerprint density at radius 3 is 2.36 bits per heavy atom. The molecule has 158 valence electrons. The molecule has 9 heteroatoms. The van der Waals surface area contributed by atoms with Gasteiger partial charge in [0.1, 0.15) is 17.4 Å². The summed E-state index contributed by atoms with van der Waals surface area (Å²) in [5.74, 6) is -0.862. The predicted molar refractivity (Wildman–Crippen MR) is 104 cm³/mol. The number of aliphatic hydroxyl groups is 1. The fourth-order valence-electron chi connectivity index (χ4n) is 2.00. The first-order chi connectivity index (χ1) is 12.8. The summed E-state index contributed by atoms with van der Waals surface area (Å²) in [5, 5.41) is 11.2. The van der Waals surface area contributed by atoms with Gasteiger partial charge in [-0.2, -0.15) is 8.78 Å². The van der Waals surface area contributed by atoms with E-state index in [1.165, 1.54) is 26.0 Å². The van der Waals surface area contributed by atoms with Gasteiger partial charge in [0.05, 0.1) is 6.61 Å². The average Bonchev–Trinajstić information content (AvgIpc) is 2.58. The monoisotopic (exact) mass is 419 g/mol. The smallest absolute Gasteiger partial charge is 0.386 e. The fraction of sp³-hybridized carbons (Fsp3) is 0.526. The van der Waals surface area contributed by atoms with Crippen LogP contribution < -0.4 is 9.61 Å². The lowest BCUT2D eigenvalue weighted by Crippen LogP contribution is -2.41. The van der Waals surface area contributed by atoms with Crippen molar-refractivity contribution in [2.24, 2.45) is 0 Å². The number of ether oxygens (including phenoxy) is 1. The number of hydrogen-bond donors (Lipinski definition) is 2. The summed E-state index contributed by atoms with van der Waals surface area (Å²) in [7, 11) is -4.90. The molecular weight excluding hydrogens is 391 g/mol. The number of hydrogen-bond acceptors (Lipinski definition) is 5. The van der Waals surface area contributed by atoms with Crippen LogP contribution in [0, 0.1) is 0 Å². The highest BCUT2D eigenvalue weighted by molar-refractivity contribution is 7.58. The van der Waals surface area contributed by atoms with Crippen molar-refractivity contribution < 1.29 is 32.5 Å². The quantitative estimate of drug-likeness (QED) is 0.348. The second-order valence-electron chi connectivity index (χ2n) is 7.42. The van der Waals surface area contributed by atoms with Crippen molar-refractivity contribution in [3.05, 3.63) is 42.0 Å². The summed E-state index contributed by atoms with van der Waals surface area (Å²) in [4.78, 5) is 12.2. The van der Waals surface area contributed by atoms with Gasteiger partial charge < -0.3 is 14.4 Å². The number of carbonyl (C=O) groups is 1. The molecule has 28 heavy (non-hydrogen) atoms. The lowest BCUT2D eigenvalue weighted by Gasteiger charge is -2.30. The molecule has 0 aliphatic carbocycles. The first-order valence-corrected chi connectivity index (χ1v) is 10.4. The lowest BCUT2D eigenvalue weighted by molar-refractivity contribution is -0.156. The van der Waals surface area contributed by atoms with E-state index in [2.05, 4.69) is 5.09 Å². The summed E-state index contributed by atoms with van der Waals surface area (Å²) in [6.07, 6.45) is 0.151. The number of benzene rings is 1. The van der Waals surface area contributed by atoms with Crippen molar-refractivity contribution in [1.29, 1.82) is 0 Å². The first kappa shape index (κ1) is 24.3. The van der Waals surface area contributed by atoms with Crippen LogP contribution in [0.4, 0.5) is 8.78 Å². The van der Waals surface area contributed by atoms with Crippen LogP contribution in [0.5, 0.6) is 5.75 Å².